The Labute approximate surface area is 128 Å². The van der Waals surface area contributed by atoms with Gasteiger partial charge in [0, 0.05) is 45.0 Å². The summed E-state index contributed by atoms with van der Waals surface area (Å²) in [5, 5.41) is 0. The van der Waals surface area contributed by atoms with E-state index < -0.39 is 0 Å². The molecule has 0 aliphatic carbocycles. The van der Waals surface area contributed by atoms with Crippen LogP contribution in [0.1, 0.15) is 0 Å². The molecule has 1 aliphatic rings. The molecule has 0 bridgehead atoms. The maximum absolute atomic E-state index is 4.28. The molecule has 96 valence electrons. The maximum atomic E-state index is 4.28. The first-order chi connectivity index (χ1) is 7.83. The van der Waals surface area contributed by atoms with Crippen LogP contribution in [0.5, 0.6) is 0 Å². The van der Waals surface area contributed by atoms with E-state index in [4.69, 9.17) is 0 Å². The van der Waals surface area contributed by atoms with Gasteiger partial charge in [-0.3, -0.25) is 0 Å². The highest BCUT2D eigenvalue weighted by atomic mass is 32.2. The van der Waals surface area contributed by atoms with Gasteiger partial charge in [0.15, 0.2) is 0 Å². The molecule has 0 aromatic rings. The quantitative estimate of drug-likeness (QED) is 0.515. The highest BCUT2D eigenvalue weighted by molar-refractivity contribution is 8.09. The number of hydrogen-bond acceptors (Lipinski definition) is 6. The van der Waals surface area contributed by atoms with Crippen LogP contribution >= 0.6 is 72.3 Å². The summed E-state index contributed by atoms with van der Waals surface area (Å²) in [7, 11) is 0. The fraction of sp³-hybridized carbons (Fsp3) is 1.00. The van der Waals surface area contributed by atoms with E-state index in [0.717, 1.165) is 11.5 Å². The van der Waals surface area contributed by atoms with Gasteiger partial charge in [-0.05, 0) is 11.5 Å². The van der Waals surface area contributed by atoms with Gasteiger partial charge in [0.05, 0.1) is 0 Å². The van der Waals surface area contributed by atoms with E-state index in [9.17, 15) is 0 Å². The Morgan fingerprint density at radius 3 is 2.06 bits per heavy atom. The predicted molar refractivity (Wildman–Crippen MR) is 94.9 cm³/mol. The molecular formula is C10H20S6. The molecule has 0 unspecified atom stereocenters. The molecule has 0 radical (unpaired) electrons. The van der Waals surface area contributed by atoms with Crippen molar-refractivity contribution in [2.45, 2.75) is 4.75 Å². The van der Waals surface area contributed by atoms with Crippen molar-refractivity contribution in [3.05, 3.63) is 0 Å². The molecular weight excluding hydrogens is 313 g/mol. The van der Waals surface area contributed by atoms with Crippen LogP contribution in [0.3, 0.4) is 0 Å². The molecule has 0 aromatic heterocycles. The zero-order chi connectivity index (χ0) is 11.7. The summed E-state index contributed by atoms with van der Waals surface area (Å²) in [6, 6.07) is 0. The van der Waals surface area contributed by atoms with Crippen molar-refractivity contribution in [1.82, 2.24) is 0 Å². The lowest BCUT2D eigenvalue weighted by molar-refractivity contribution is 0.839. The van der Waals surface area contributed by atoms with E-state index in [2.05, 4.69) is 72.3 Å². The minimum atomic E-state index is 0.518. The summed E-state index contributed by atoms with van der Waals surface area (Å²) in [6.45, 7) is 0. The standard InChI is InChI=1S/C10H20S6/c11-1-3-13-7-10(8-14-4-2-12)9-15-5-6-16-10/h11-12H,1-9H2. The van der Waals surface area contributed by atoms with Gasteiger partial charge in [0.1, 0.15) is 0 Å². The minimum absolute atomic E-state index is 0.518. The van der Waals surface area contributed by atoms with Gasteiger partial charge in [0.25, 0.3) is 0 Å². The van der Waals surface area contributed by atoms with E-state index in [0.29, 0.717) is 4.75 Å². The summed E-state index contributed by atoms with van der Waals surface area (Å²) in [6.07, 6.45) is 0. The zero-order valence-corrected chi connectivity index (χ0v) is 14.4. The monoisotopic (exact) mass is 332 g/mol. The molecule has 0 amide bonds. The Hall–Kier alpha value is 2.10. The van der Waals surface area contributed by atoms with Crippen LogP contribution < -0.4 is 0 Å². The van der Waals surface area contributed by atoms with Gasteiger partial charge in [-0.25, -0.2) is 0 Å². The Kier molecular flexibility index (Phi) is 10.1. The van der Waals surface area contributed by atoms with Crippen molar-refractivity contribution in [1.29, 1.82) is 0 Å². The summed E-state index contributed by atoms with van der Waals surface area (Å²) < 4.78 is 0.518. The zero-order valence-electron chi connectivity index (χ0n) is 9.39. The molecule has 0 atom stereocenters. The van der Waals surface area contributed by atoms with Crippen molar-refractivity contribution < 1.29 is 0 Å². The molecule has 0 saturated carbocycles. The number of thiol groups is 2. The lowest BCUT2D eigenvalue weighted by Crippen LogP contribution is -2.38. The minimum Gasteiger partial charge on any atom is -0.179 e. The highest BCUT2D eigenvalue weighted by Gasteiger charge is 2.32. The second-order valence-corrected chi connectivity index (χ2v) is 9.41. The van der Waals surface area contributed by atoms with Gasteiger partial charge < -0.3 is 0 Å². The summed E-state index contributed by atoms with van der Waals surface area (Å²) in [5.74, 6) is 11.0. The first-order valence-electron chi connectivity index (χ1n) is 5.42. The lowest BCUT2D eigenvalue weighted by atomic mass is 10.2. The predicted octanol–water partition coefficient (Wildman–Crippen LogP) is 3.53. The first-order valence-corrected chi connectivity index (χ1v) is 11.1. The van der Waals surface area contributed by atoms with Crippen LogP contribution in [0.4, 0.5) is 0 Å². The van der Waals surface area contributed by atoms with Gasteiger partial charge >= 0.3 is 0 Å². The smallest absolute Gasteiger partial charge is 0.0431 e. The van der Waals surface area contributed by atoms with Gasteiger partial charge in [-0.1, -0.05) is 0 Å². The maximum Gasteiger partial charge on any atom is 0.0431 e. The van der Waals surface area contributed by atoms with Gasteiger partial charge in [0.2, 0.25) is 0 Å². The summed E-state index contributed by atoms with van der Waals surface area (Å²) >= 11 is 17.0. The van der Waals surface area contributed by atoms with Gasteiger partial charge in [-0.15, -0.1) is 0 Å². The average molecular weight is 333 g/mol. The molecule has 1 rings (SSSR count). The number of rotatable bonds is 8. The molecule has 0 N–H and O–H groups in total. The van der Waals surface area contributed by atoms with Crippen molar-refractivity contribution in [3.63, 3.8) is 0 Å². The largest absolute Gasteiger partial charge is 0.179 e. The SMILES string of the molecule is SCCSCC1(CSCCS)CSCCS1. The topological polar surface area (TPSA) is 0 Å². The van der Waals surface area contributed by atoms with Crippen LogP contribution in [-0.2, 0) is 0 Å². The second-order valence-electron chi connectivity index (χ2n) is 3.64. The van der Waals surface area contributed by atoms with Crippen LogP contribution in [0, 0.1) is 0 Å². The van der Waals surface area contributed by atoms with Crippen molar-refractivity contribution >= 4 is 72.3 Å². The van der Waals surface area contributed by atoms with Gasteiger partial charge in [-0.2, -0.15) is 72.3 Å². The van der Waals surface area contributed by atoms with E-state index >= 15 is 0 Å². The van der Waals surface area contributed by atoms with Crippen LogP contribution in [-0.4, -0.2) is 56.5 Å². The van der Waals surface area contributed by atoms with Crippen molar-refractivity contribution in [2.75, 3.05) is 51.8 Å². The molecule has 1 fully saturated rings. The molecule has 1 aliphatic heterocycles. The Bertz CT molecular complexity index is 157. The molecule has 6 heteroatoms. The van der Waals surface area contributed by atoms with Crippen molar-refractivity contribution in [3.8, 4) is 0 Å². The fourth-order valence-corrected chi connectivity index (χ4v) is 8.04. The highest BCUT2D eigenvalue weighted by Crippen LogP contribution is 2.39. The van der Waals surface area contributed by atoms with Crippen LogP contribution in [0.2, 0.25) is 0 Å². The van der Waals surface area contributed by atoms with E-state index in [1.54, 1.807) is 0 Å². The molecule has 1 heterocycles. The summed E-state index contributed by atoms with van der Waals surface area (Å²) in [4.78, 5) is 0. The first kappa shape index (κ1) is 16.2. The normalized spacial score (nSPS) is 19.9. The molecule has 16 heavy (non-hydrogen) atoms. The Balaban J connectivity index is 2.33. The molecule has 1 saturated heterocycles. The number of hydrogen-bond donors (Lipinski definition) is 2. The van der Waals surface area contributed by atoms with Crippen LogP contribution in [0.15, 0.2) is 0 Å². The van der Waals surface area contributed by atoms with E-state index in [-0.39, 0.29) is 0 Å². The number of thioether (sulfide) groups is 4. The third kappa shape index (κ3) is 6.32. The molecule has 0 nitrogen and oxygen atoms in total. The Morgan fingerprint density at radius 2 is 1.62 bits per heavy atom. The average Bonchev–Trinajstić information content (AvgIpc) is 2.31. The third-order valence-electron chi connectivity index (χ3n) is 2.20. The molecule has 0 spiro atoms. The molecule has 0 aromatic carbocycles. The van der Waals surface area contributed by atoms with E-state index in [1.807, 2.05) is 0 Å². The fourth-order valence-electron chi connectivity index (χ4n) is 1.47. The summed E-state index contributed by atoms with van der Waals surface area (Å²) in [5.41, 5.74) is 0. The third-order valence-corrected chi connectivity index (χ3v) is 9.26. The second kappa shape index (κ2) is 9.96. The Morgan fingerprint density at radius 1 is 1.00 bits per heavy atom. The van der Waals surface area contributed by atoms with Crippen molar-refractivity contribution in [2.24, 2.45) is 0 Å². The van der Waals surface area contributed by atoms with Crippen LogP contribution in [0.25, 0.3) is 0 Å². The lowest BCUT2D eigenvalue weighted by Gasteiger charge is -2.36. The van der Waals surface area contributed by atoms with E-state index in [1.165, 1.54) is 40.3 Å².